The van der Waals surface area contributed by atoms with Crippen LogP contribution in [-0.2, 0) is 4.74 Å². The lowest BCUT2D eigenvalue weighted by atomic mass is 10.3. The molecule has 1 saturated carbocycles. The molecule has 106 valence electrons. The summed E-state index contributed by atoms with van der Waals surface area (Å²) in [7, 11) is 2.06. The number of likely N-dealkylation sites (N-methyl/N-ethyl adjacent to an activating group) is 1. The molecule has 3 nitrogen and oxygen atoms in total. The number of para-hydroxylation sites is 1. The largest absolute Gasteiger partial charge is 0.381 e. The molecule has 0 unspecified atom stereocenters. The molecule has 0 aliphatic heterocycles. The van der Waals surface area contributed by atoms with Crippen molar-refractivity contribution in [3.63, 3.8) is 0 Å². The third kappa shape index (κ3) is 5.57. The molecule has 0 bridgehead atoms. The standard InChI is InChI=1S/C15H23FN2O/c1-18(10-11-19-12-13-6-7-13)9-8-17-15-5-3-2-4-14(15)16/h2-5,13,17H,6-12H2,1H3. The van der Waals surface area contributed by atoms with Crippen LogP contribution in [0.1, 0.15) is 12.8 Å². The van der Waals surface area contributed by atoms with Crippen LogP contribution in [0.4, 0.5) is 10.1 Å². The molecule has 0 atom stereocenters. The van der Waals surface area contributed by atoms with Crippen LogP contribution in [0.15, 0.2) is 24.3 Å². The van der Waals surface area contributed by atoms with E-state index < -0.39 is 0 Å². The summed E-state index contributed by atoms with van der Waals surface area (Å²) in [6.07, 6.45) is 2.67. The van der Waals surface area contributed by atoms with E-state index in [0.29, 0.717) is 5.69 Å². The van der Waals surface area contributed by atoms with Crippen molar-refractivity contribution in [2.24, 2.45) is 5.92 Å². The molecule has 0 spiro atoms. The Balaban J connectivity index is 1.53. The van der Waals surface area contributed by atoms with Gasteiger partial charge in [-0.1, -0.05) is 12.1 Å². The first kappa shape index (κ1) is 14.3. The number of benzene rings is 1. The Morgan fingerprint density at radius 1 is 1.32 bits per heavy atom. The van der Waals surface area contributed by atoms with E-state index in [4.69, 9.17) is 4.74 Å². The highest BCUT2D eigenvalue weighted by Crippen LogP contribution is 2.28. The molecule has 1 aliphatic carbocycles. The van der Waals surface area contributed by atoms with Gasteiger partial charge in [0.2, 0.25) is 0 Å². The molecule has 2 rings (SSSR count). The highest BCUT2D eigenvalue weighted by molar-refractivity contribution is 5.44. The molecule has 0 radical (unpaired) electrons. The Morgan fingerprint density at radius 3 is 2.84 bits per heavy atom. The van der Waals surface area contributed by atoms with Crippen LogP contribution in [-0.4, -0.2) is 44.8 Å². The molecular formula is C15H23FN2O. The zero-order valence-corrected chi connectivity index (χ0v) is 11.6. The maximum atomic E-state index is 13.3. The van der Waals surface area contributed by atoms with Crippen molar-refractivity contribution in [2.45, 2.75) is 12.8 Å². The summed E-state index contributed by atoms with van der Waals surface area (Å²) in [5.74, 6) is 0.631. The van der Waals surface area contributed by atoms with Crippen molar-refractivity contribution < 1.29 is 9.13 Å². The second kappa shape index (κ2) is 7.46. The second-order valence-electron chi connectivity index (χ2n) is 5.23. The number of nitrogens with zero attached hydrogens (tertiary/aromatic N) is 1. The van der Waals surface area contributed by atoms with Crippen molar-refractivity contribution in [3.05, 3.63) is 30.1 Å². The lowest BCUT2D eigenvalue weighted by molar-refractivity contribution is 0.104. The lowest BCUT2D eigenvalue weighted by Crippen LogP contribution is -2.28. The predicted molar refractivity (Wildman–Crippen MR) is 75.9 cm³/mol. The number of nitrogens with one attached hydrogen (secondary N) is 1. The van der Waals surface area contributed by atoms with Gasteiger partial charge < -0.3 is 15.0 Å². The molecule has 4 heteroatoms. The minimum atomic E-state index is -0.196. The smallest absolute Gasteiger partial charge is 0.146 e. The highest BCUT2D eigenvalue weighted by atomic mass is 19.1. The Bertz CT molecular complexity index is 382. The highest BCUT2D eigenvalue weighted by Gasteiger charge is 2.20. The van der Waals surface area contributed by atoms with Crippen molar-refractivity contribution in [3.8, 4) is 0 Å². The van der Waals surface area contributed by atoms with Gasteiger partial charge >= 0.3 is 0 Å². The zero-order valence-electron chi connectivity index (χ0n) is 11.6. The van der Waals surface area contributed by atoms with E-state index in [1.165, 1.54) is 18.9 Å². The minimum absolute atomic E-state index is 0.196. The molecule has 0 amide bonds. The fourth-order valence-electron chi connectivity index (χ4n) is 1.85. The topological polar surface area (TPSA) is 24.5 Å². The average molecular weight is 266 g/mol. The summed E-state index contributed by atoms with van der Waals surface area (Å²) < 4.78 is 18.9. The van der Waals surface area contributed by atoms with Gasteiger partial charge in [0, 0.05) is 26.2 Å². The zero-order chi connectivity index (χ0) is 13.5. The number of hydrogen-bond donors (Lipinski definition) is 1. The Hall–Kier alpha value is -1.13. The van der Waals surface area contributed by atoms with Gasteiger partial charge in [-0.2, -0.15) is 0 Å². The van der Waals surface area contributed by atoms with Gasteiger partial charge in [-0.05, 0) is 37.9 Å². The SMILES string of the molecule is CN(CCNc1ccccc1F)CCOCC1CC1. The van der Waals surface area contributed by atoms with Gasteiger partial charge in [0.15, 0.2) is 0 Å². The molecule has 0 aromatic heterocycles. The van der Waals surface area contributed by atoms with E-state index in [2.05, 4.69) is 17.3 Å². The van der Waals surface area contributed by atoms with E-state index in [1.54, 1.807) is 12.1 Å². The van der Waals surface area contributed by atoms with Gasteiger partial charge in [-0.3, -0.25) is 0 Å². The first-order valence-corrected chi connectivity index (χ1v) is 7.00. The summed E-state index contributed by atoms with van der Waals surface area (Å²) in [5, 5.41) is 3.10. The van der Waals surface area contributed by atoms with Crippen LogP contribution in [0.5, 0.6) is 0 Å². The quantitative estimate of drug-likeness (QED) is 0.695. The van der Waals surface area contributed by atoms with Crippen molar-refractivity contribution in [2.75, 3.05) is 45.2 Å². The first-order valence-electron chi connectivity index (χ1n) is 7.00. The molecule has 19 heavy (non-hydrogen) atoms. The molecule has 1 N–H and O–H groups in total. The summed E-state index contributed by atoms with van der Waals surface area (Å²) in [4.78, 5) is 2.20. The number of ether oxygens (including phenoxy) is 1. The van der Waals surface area contributed by atoms with Crippen LogP contribution in [0, 0.1) is 11.7 Å². The van der Waals surface area contributed by atoms with Crippen LogP contribution < -0.4 is 5.32 Å². The Morgan fingerprint density at radius 2 is 2.11 bits per heavy atom. The van der Waals surface area contributed by atoms with Crippen molar-refractivity contribution >= 4 is 5.69 Å². The minimum Gasteiger partial charge on any atom is -0.381 e. The Labute approximate surface area is 114 Å². The molecule has 1 aromatic rings. The predicted octanol–water partition coefficient (Wildman–Crippen LogP) is 2.60. The molecule has 1 aliphatic rings. The number of anilines is 1. The maximum Gasteiger partial charge on any atom is 0.146 e. The number of rotatable bonds is 9. The lowest BCUT2D eigenvalue weighted by Gasteiger charge is -2.17. The van der Waals surface area contributed by atoms with Gasteiger partial charge in [-0.25, -0.2) is 4.39 Å². The average Bonchev–Trinajstić information content (AvgIpc) is 3.21. The molecule has 1 fully saturated rings. The summed E-state index contributed by atoms with van der Waals surface area (Å²) in [5.41, 5.74) is 0.570. The second-order valence-corrected chi connectivity index (χ2v) is 5.23. The number of hydrogen-bond acceptors (Lipinski definition) is 3. The molecular weight excluding hydrogens is 243 g/mol. The van der Waals surface area contributed by atoms with Crippen LogP contribution in [0.25, 0.3) is 0 Å². The molecule has 1 aromatic carbocycles. The van der Waals surface area contributed by atoms with E-state index in [-0.39, 0.29) is 5.82 Å². The van der Waals surface area contributed by atoms with Crippen LogP contribution in [0.3, 0.4) is 0 Å². The first-order chi connectivity index (χ1) is 9.25. The summed E-state index contributed by atoms with van der Waals surface area (Å²) in [6.45, 7) is 4.24. The normalized spacial score (nSPS) is 14.9. The van der Waals surface area contributed by atoms with Crippen molar-refractivity contribution in [1.29, 1.82) is 0 Å². The fraction of sp³-hybridized carbons (Fsp3) is 0.600. The maximum absolute atomic E-state index is 13.3. The Kier molecular flexibility index (Phi) is 5.61. The third-order valence-electron chi connectivity index (χ3n) is 3.35. The summed E-state index contributed by atoms with van der Waals surface area (Å²) in [6, 6.07) is 6.76. The molecule has 0 heterocycles. The van der Waals surface area contributed by atoms with Crippen LogP contribution >= 0.6 is 0 Å². The van der Waals surface area contributed by atoms with Gasteiger partial charge in [-0.15, -0.1) is 0 Å². The van der Waals surface area contributed by atoms with Crippen LogP contribution in [0.2, 0.25) is 0 Å². The van der Waals surface area contributed by atoms with Gasteiger partial charge in [0.05, 0.1) is 12.3 Å². The number of halogens is 1. The van der Waals surface area contributed by atoms with E-state index in [9.17, 15) is 4.39 Å². The third-order valence-corrected chi connectivity index (χ3v) is 3.35. The monoisotopic (exact) mass is 266 g/mol. The van der Waals surface area contributed by atoms with E-state index >= 15 is 0 Å². The van der Waals surface area contributed by atoms with Gasteiger partial charge in [0.25, 0.3) is 0 Å². The summed E-state index contributed by atoms with van der Waals surface area (Å²) >= 11 is 0. The molecule has 0 saturated heterocycles. The van der Waals surface area contributed by atoms with E-state index in [1.807, 2.05) is 6.07 Å². The van der Waals surface area contributed by atoms with Gasteiger partial charge in [0.1, 0.15) is 5.82 Å². The fourth-order valence-corrected chi connectivity index (χ4v) is 1.85. The van der Waals surface area contributed by atoms with E-state index in [0.717, 1.165) is 38.8 Å². The van der Waals surface area contributed by atoms with Crippen molar-refractivity contribution in [1.82, 2.24) is 4.90 Å².